The molecular formula is C21H24N2O3S. The first-order chi connectivity index (χ1) is 12.9. The molecule has 2 aromatic rings. The maximum atomic E-state index is 13.1. The summed E-state index contributed by atoms with van der Waals surface area (Å²) >= 11 is 0. The van der Waals surface area contributed by atoms with Crippen molar-refractivity contribution in [2.45, 2.75) is 32.0 Å². The first-order valence-electron chi connectivity index (χ1n) is 9.25. The Morgan fingerprint density at radius 3 is 2.41 bits per heavy atom. The lowest BCUT2D eigenvalue weighted by Gasteiger charge is -2.46. The Morgan fingerprint density at radius 2 is 1.70 bits per heavy atom. The minimum absolute atomic E-state index is 0.0180. The average Bonchev–Trinajstić information content (AvgIpc) is 2.95. The van der Waals surface area contributed by atoms with E-state index in [-0.39, 0.29) is 42.1 Å². The third-order valence-electron chi connectivity index (χ3n) is 5.70. The minimum Gasteiger partial charge on any atom is -0.306 e. The van der Waals surface area contributed by atoms with E-state index in [1.165, 1.54) is 0 Å². The van der Waals surface area contributed by atoms with E-state index in [9.17, 15) is 13.2 Å². The number of carbonyl (C=O) groups excluding carboxylic acids is 1. The number of anilines is 1. The van der Waals surface area contributed by atoms with Gasteiger partial charge in [0, 0.05) is 17.8 Å². The van der Waals surface area contributed by atoms with Crippen molar-refractivity contribution in [2.24, 2.45) is 0 Å². The zero-order valence-corrected chi connectivity index (χ0v) is 16.4. The fourth-order valence-corrected chi connectivity index (χ4v) is 6.33. The summed E-state index contributed by atoms with van der Waals surface area (Å²) in [5.74, 6) is 0.0847. The van der Waals surface area contributed by atoms with Crippen LogP contribution in [0.4, 0.5) is 5.69 Å². The molecule has 142 valence electrons. The normalized spacial score (nSPS) is 26.0. The van der Waals surface area contributed by atoms with Crippen LogP contribution in [0.2, 0.25) is 0 Å². The molecule has 2 saturated heterocycles. The van der Waals surface area contributed by atoms with Crippen LogP contribution in [0.3, 0.4) is 0 Å². The lowest BCUT2D eigenvalue weighted by Crippen LogP contribution is -2.62. The lowest BCUT2D eigenvalue weighted by molar-refractivity contribution is -0.124. The molecule has 2 fully saturated rings. The smallest absolute Gasteiger partial charge is 0.241 e. The fraction of sp³-hybridized carbons (Fsp3) is 0.381. The summed E-state index contributed by atoms with van der Waals surface area (Å²) in [5, 5.41) is 0. The third kappa shape index (κ3) is 3.39. The highest BCUT2D eigenvalue weighted by molar-refractivity contribution is 7.91. The number of sulfone groups is 1. The molecule has 5 nitrogen and oxygen atoms in total. The second-order valence-electron chi connectivity index (χ2n) is 7.57. The molecule has 2 heterocycles. The number of aryl methyl sites for hydroxylation is 1. The maximum absolute atomic E-state index is 13.1. The highest BCUT2D eigenvalue weighted by Gasteiger charge is 2.50. The number of hydrogen-bond donors (Lipinski definition) is 0. The van der Waals surface area contributed by atoms with Gasteiger partial charge in [-0.05, 0) is 37.1 Å². The molecule has 2 aromatic carbocycles. The predicted molar refractivity (Wildman–Crippen MR) is 106 cm³/mol. The molecule has 0 aromatic heterocycles. The summed E-state index contributed by atoms with van der Waals surface area (Å²) in [6.45, 7) is 4.25. The summed E-state index contributed by atoms with van der Waals surface area (Å²) in [5.41, 5.74) is 2.94. The van der Waals surface area contributed by atoms with E-state index in [1.54, 1.807) is 4.90 Å². The predicted octanol–water partition coefficient (Wildman–Crippen LogP) is 2.57. The number of amides is 1. The fourth-order valence-electron chi connectivity index (χ4n) is 4.37. The number of carbonyl (C=O) groups is 1. The van der Waals surface area contributed by atoms with E-state index in [0.717, 1.165) is 16.8 Å². The maximum Gasteiger partial charge on any atom is 0.241 e. The quantitative estimate of drug-likeness (QED) is 0.816. The van der Waals surface area contributed by atoms with Crippen LogP contribution in [-0.2, 0) is 14.6 Å². The van der Waals surface area contributed by atoms with Gasteiger partial charge >= 0.3 is 0 Å². The zero-order valence-electron chi connectivity index (χ0n) is 15.6. The molecule has 0 aliphatic carbocycles. The number of piperazine rings is 1. The summed E-state index contributed by atoms with van der Waals surface area (Å²) in [7, 11) is -3.19. The zero-order chi connectivity index (χ0) is 19.2. The molecule has 0 spiro atoms. The van der Waals surface area contributed by atoms with Crippen molar-refractivity contribution in [1.29, 1.82) is 0 Å². The number of fused-ring (bicyclic) bond motifs is 1. The molecule has 0 N–H and O–H groups in total. The second-order valence-corrected chi connectivity index (χ2v) is 9.73. The van der Waals surface area contributed by atoms with Gasteiger partial charge in [0.05, 0.1) is 24.1 Å². The summed E-state index contributed by atoms with van der Waals surface area (Å²) in [6.07, 6.45) is 0. The van der Waals surface area contributed by atoms with Gasteiger partial charge in [0.15, 0.2) is 9.84 Å². The topological polar surface area (TPSA) is 57.7 Å². The van der Waals surface area contributed by atoms with Crippen LogP contribution in [0.25, 0.3) is 0 Å². The highest BCUT2D eigenvalue weighted by atomic mass is 32.2. The van der Waals surface area contributed by atoms with Crippen LogP contribution in [-0.4, -0.2) is 49.4 Å². The van der Waals surface area contributed by atoms with Gasteiger partial charge < -0.3 is 4.90 Å². The van der Waals surface area contributed by atoms with Crippen LogP contribution in [0.1, 0.15) is 24.1 Å². The molecule has 6 heteroatoms. The van der Waals surface area contributed by atoms with E-state index >= 15 is 0 Å². The minimum atomic E-state index is -3.19. The van der Waals surface area contributed by atoms with Crippen LogP contribution in [0, 0.1) is 6.92 Å². The number of benzene rings is 2. The van der Waals surface area contributed by atoms with Crippen molar-refractivity contribution >= 4 is 21.4 Å². The van der Waals surface area contributed by atoms with Crippen LogP contribution < -0.4 is 4.90 Å². The van der Waals surface area contributed by atoms with Crippen molar-refractivity contribution in [1.82, 2.24) is 4.90 Å². The largest absolute Gasteiger partial charge is 0.306 e. The summed E-state index contributed by atoms with van der Waals surface area (Å²) in [6, 6.07) is 17.1. The molecule has 3 atom stereocenters. The SMILES string of the molecule is Cc1cccc(N2C(=O)CN(C(C)c3ccccc3)[C@H]3CS(=O)(=O)C[C@H]32)c1. The van der Waals surface area contributed by atoms with Gasteiger partial charge in [-0.3, -0.25) is 9.69 Å². The molecule has 0 radical (unpaired) electrons. The van der Waals surface area contributed by atoms with Crippen molar-refractivity contribution in [2.75, 3.05) is 23.0 Å². The van der Waals surface area contributed by atoms with E-state index in [0.29, 0.717) is 0 Å². The lowest BCUT2D eigenvalue weighted by atomic mass is 9.98. The van der Waals surface area contributed by atoms with E-state index in [1.807, 2.05) is 68.4 Å². The average molecular weight is 385 g/mol. The van der Waals surface area contributed by atoms with Crippen LogP contribution in [0.15, 0.2) is 54.6 Å². The molecule has 4 rings (SSSR count). The third-order valence-corrected chi connectivity index (χ3v) is 7.40. The molecule has 0 saturated carbocycles. The molecule has 2 aliphatic rings. The van der Waals surface area contributed by atoms with Crippen molar-refractivity contribution in [3.8, 4) is 0 Å². The van der Waals surface area contributed by atoms with E-state index < -0.39 is 9.84 Å². The number of nitrogens with zero attached hydrogens (tertiary/aromatic N) is 2. The van der Waals surface area contributed by atoms with Crippen molar-refractivity contribution in [3.05, 3.63) is 65.7 Å². The molecule has 2 aliphatic heterocycles. The van der Waals surface area contributed by atoms with Gasteiger partial charge in [0.25, 0.3) is 0 Å². The summed E-state index contributed by atoms with van der Waals surface area (Å²) < 4.78 is 25.0. The van der Waals surface area contributed by atoms with Gasteiger partial charge in [0.1, 0.15) is 0 Å². The highest BCUT2D eigenvalue weighted by Crippen LogP contribution is 2.36. The van der Waals surface area contributed by atoms with Gasteiger partial charge in [-0.2, -0.15) is 0 Å². The molecule has 27 heavy (non-hydrogen) atoms. The van der Waals surface area contributed by atoms with Gasteiger partial charge in [-0.1, -0.05) is 42.5 Å². The molecule has 1 amide bonds. The first kappa shape index (κ1) is 18.2. The van der Waals surface area contributed by atoms with Crippen molar-refractivity contribution < 1.29 is 13.2 Å². The molecular weight excluding hydrogens is 360 g/mol. The Balaban J connectivity index is 1.72. The Hall–Kier alpha value is -2.18. The first-order valence-corrected chi connectivity index (χ1v) is 11.1. The molecule has 1 unspecified atom stereocenters. The van der Waals surface area contributed by atoms with E-state index in [2.05, 4.69) is 4.90 Å². The van der Waals surface area contributed by atoms with Gasteiger partial charge in [-0.15, -0.1) is 0 Å². The Labute approximate surface area is 160 Å². The summed E-state index contributed by atoms with van der Waals surface area (Å²) in [4.78, 5) is 16.9. The monoisotopic (exact) mass is 384 g/mol. The van der Waals surface area contributed by atoms with Gasteiger partial charge in [0.2, 0.25) is 5.91 Å². The Bertz CT molecular complexity index is 958. The van der Waals surface area contributed by atoms with Gasteiger partial charge in [-0.25, -0.2) is 8.42 Å². The van der Waals surface area contributed by atoms with E-state index in [4.69, 9.17) is 0 Å². The van der Waals surface area contributed by atoms with Crippen LogP contribution in [0.5, 0.6) is 0 Å². The van der Waals surface area contributed by atoms with Crippen LogP contribution >= 0.6 is 0 Å². The van der Waals surface area contributed by atoms with Crippen molar-refractivity contribution in [3.63, 3.8) is 0 Å². The number of rotatable bonds is 3. The Morgan fingerprint density at radius 1 is 1.00 bits per heavy atom. The Kier molecular flexibility index (Phi) is 4.56. The molecule has 0 bridgehead atoms. The number of hydrogen-bond acceptors (Lipinski definition) is 4. The second kappa shape index (κ2) is 6.77. The standard InChI is InChI=1S/C21H24N2O3S/c1-15-7-6-10-18(11-15)23-20-14-27(25,26)13-19(20)22(12-21(23)24)16(2)17-8-4-3-5-9-17/h3-11,16,19-20H,12-14H2,1-2H3/t16?,19-,20+/m0/s1.